The average Bonchev–Trinajstić information content (AvgIpc) is 2.83. The lowest BCUT2D eigenvalue weighted by molar-refractivity contribution is 0.312. The van der Waals surface area contributed by atoms with Crippen LogP contribution in [0.5, 0.6) is 0 Å². The van der Waals surface area contributed by atoms with Gasteiger partial charge in [0.15, 0.2) is 6.71 Å². The fraction of sp³-hybridized carbons (Fsp3) is 0.765. The Morgan fingerprint density at radius 2 is 2.00 bits per heavy atom. The van der Waals surface area contributed by atoms with E-state index >= 15 is 0 Å². The van der Waals surface area contributed by atoms with Gasteiger partial charge in [0.1, 0.15) is 0 Å². The second-order valence-corrected chi connectivity index (χ2v) is 7.46. The van der Waals surface area contributed by atoms with Crippen molar-refractivity contribution in [2.75, 3.05) is 13.1 Å². The van der Waals surface area contributed by atoms with Crippen LogP contribution >= 0.6 is 0 Å². The van der Waals surface area contributed by atoms with Gasteiger partial charge in [-0.05, 0) is 51.5 Å². The summed E-state index contributed by atoms with van der Waals surface area (Å²) in [4.78, 5) is 2.53. The summed E-state index contributed by atoms with van der Waals surface area (Å²) in [5.41, 5.74) is 5.09. The van der Waals surface area contributed by atoms with E-state index < -0.39 is 0 Å². The van der Waals surface area contributed by atoms with Gasteiger partial charge in [-0.3, -0.25) is 0 Å². The Kier molecular flexibility index (Phi) is 5.08. The molecule has 2 N–H and O–H groups in total. The monoisotopic (exact) mass is 290 g/mol. The lowest BCUT2D eigenvalue weighted by Crippen LogP contribution is -2.35. The molecular weight excluding hydrogens is 259 g/mol. The van der Waals surface area contributed by atoms with Crippen LogP contribution in [0.3, 0.4) is 0 Å². The third-order valence-corrected chi connectivity index (χ3v) is 4.76. The predicted octanol–water partition coefficient (Wildman–Crippen LogP) is 2.91. The Labute approximate surface area is 130 Å². The van der Waals surface area contributed by atoms with Crippen LogP contribution in [0.25, 0.3) is 0 Å². The molecule has 0 radical (unpaired) electrons. The van der Waals surface area contributed by atoms with Gasteiger partial charge in [-0.25, -0.2) is 0 Å². The van der Waals surface area contributed by atoms with Crippen molar-refractivity contribution >= 4 is 6.71 Å². The second kappa shape index (κ2) is 6.47. The predicted molar refractivity (Wildman–Crippen MR) is 91.5 cm³/mol. The molecule has 0 aromatic heterocycles. The first-order valence-corrected chi connectivity index (χ1v) is 8.42. The molecule has 0 aromatic rings. The zero-order valence-electron chi connectivity index (χ0n) is 14.5. The largest absolute Gasteiger partial charge is 0.392 e. The Morgan fingerprint density at radius 3 is 2.48 bits per heavy atom. The van der Waals surface area contributed by atoms with E-state index in [0.29, 0.717) is 24.7 Å². The Balaban J connectivity index is 2.42. The summed E-state index contributed by atoms with van der Waals surface area (Å²) in [7, 11) is 0. The quantitative estimate of drug-likeness (QED) is 0.781. The van der Waals surface area contributed by atoms with E-state index in [-0.39, 0.29) is 6.61 Å². The molecule has 2 aliphatic rings. The Morgan fingerprint density at radius 1 is 1.33 bits per heavy atom. The van der Waals surface area contributed by atoms with Crippen molar-refractivity contribution in [1.82, 2.24) is 10.2 Å². The fourth-order valence-corrected chi connectivity index (χ4v) is 4.03. The minimum absolute atomic E-state index is 0.132. The summed E-state index contributed by atoms with van der Waals surface area (Å²) in [6.07, 6.45) is 3.35. The van der Waals surface area contributed by atoms with Gasteiger partial charge in [-0.1, -0.05) is 20.6 Å². The van der Waals surface area contributed by atoms with Gasteiger partial charge in [-0.2, -0.15) is 0 Å². The van der Waals surface area contributed by atoms with E-state index in [1.54, 1.807) is 0 Å². The van der Waals surface area contributed by atoms with E-state index in [0.717, 1.165) is 18.4 Å². The van der Waals surface area contributed by atoms with E-state index in [1.165, 1.54) is 23.4 Å². The molecule has 0 aromatic carbocycles. The summed E-state index contributed by atoms with van der Waals surface area (Å²) in [5.74, 6) is 0.527. The maximum atomic E-state index is 10.0. The van der Waals surface area contributed by atoms with Gasteiger partial charge in [0.2, 0.25) is 0 Å². The normalized spacial score (nSPS) is 31.8. The summed E-state index contributed by atoms with van der Waals surface area (Å²) < 4.78 is 0. The maximum absolute atomic E-state index is 10.0. The van der Waals surface area contributed by atoms with Gasteiger partial charge >= 0.3 is 0 Å². The van der Waals surface area contributed by atoms with Crippen molar-refractivity contribution in [2.45, 2.75) is 66.3 Å². The molecule has 0 aliphatic carbocycles. The molecule has 21 heavy (non-hydrogen) atoms. The molecule has 1 fully saturated rings. The second-order valence-electron chi connectivity index (χ2n) is 7.46. The molecule has 2 aliphatic heterocycles. The molecule has 0 amide bonds. The topological polar surface area (TPSA) is 35.5 Å². The Hall–Kier alpha value is -0.895. The number of aliphatic hydroxyl groups excluding tert-OH is 1. The fourth-order valence-electron chi connectivity index (χ4n) is 4.03. The van der Waals surface area contributed by atoms with Crippen LogP contribution in [0, 0.1) is 5.92 Å². The van der Waals surface area contributed by atoms with Gasteiger partial charge < -0.3 is 15.3 Å². The summed E-state index contributed by atoms with van der Waals surface area (Å²) in [6, 6.07) is 1.05. The molecule has 3 nitrogen and oxygen atoms in total. The molecule has 0 bridgehead atoms. The van der Waals surface area contributed by atoms with Gasteiger partial charge in [0, 0.05) is 29.1 Å². The number of allylic oxidation sites excluding steroid dienone is 1. The summed E-state index contributed by atoms with van der Waals surface area (Å²) in [5, 5.41) is 13.6. The van der Waals surface area contributed by atoms with Crippen LogP contribution in [0.15, 0.2) is 22.5 Å². The number of nitrogens with zero attached hydrogens (tertiary/aromatic N) is 1. The molecule has 3 atom stereocenters. The first-order chi connectivity index (χ1) is 9.85. The van der Waals surface area contributed by atoms with Gasteiger partial charge in [0.25, 0.3) is 0 Å². The van der Waals surface area contributed by atoms with Crippen molar-refractivity contribution < 1.29 is 5.11 Å². The van der Waals surface area contributed by atoms with Crippen molar-refractivity contribution in [3.05, 3.63) is 22.5 Å². The van der Waals surface area contributed by atoms with E-state index in [1.807, 2.05) is 0 Å². The van der Waals surface area contributed by atoms with Crippen LogP contribution in [-0.2, 0) is 0 Å². The molecule has 2 rings (SSSR count). The number of aliphatic hydroxyl groups is 1. The standard InChI is InChI=1S/C17H31BN2O/c1-11-7-13(3)19-16(11)15(9-21)17-12(2)8-14(4)20(17)10-18(5)6/h12-14,19,21H,7-10H2,1-6H3/b17-15-. The molecule has 3 unspecified atom stereocenters. The third-order valence-electron chi connectivity index (χ3n) is 4.76. The molecule has 0 spiro atoms. The molecule has 118 valence electrons. The first-order valence-electron chi connectivity index (χ1n) is 8.42. The van der Waals surface area contributed by atoms with E-state index in [9.17, 15) is 5.11 Å². The first kappa shape index (κ1) is 16.5. The number of likely N-dealkylation sites (tertiary alicyclic amines) is 1. The number of rotatable bonds is 4. The van der Waals surface area contributed by atoms with Crippen molar-refractivity contribution in [1.29, 1.82) is 0 Å². The minimum Gasteiger partial charge on any atom is -0.392 e. The van der Waals surface area contributed by atoms with Crippen molar-refractivity contribution in [2.24, 2.45) is 5.92 Å². The van der Waals surface area contributed by atoms with Crippen LogP contribution in [0.2, 0.25) is 13.6 Å². The van der Waals surface area contributed by atoms with E-state index in [2.05, 4.69) is 51.6 Å². The van der Waals surface area contributed by atoms with Crippen LogP contribution < -0.4 is 5.32 Å². The third kappa shape index (κ3) is 3.31. The van der Waals surface area contributed by atoms with Crippen LogP contribution in [0.1, 0.15) is 40.5 Å². The molecular formula is C17H31BN2O. The zero-order valence-corrected chi connectivity index (χ0v) is 14.5. The Bertz CT molecular complexity index is 456. The highest BCUT2D eigenvalue weighted by atomic mass is 16.3. The zero-order chi connectivity index (χ0) is 15.7. The highest BCUT2D eigenvalue weighted by Gasteiger charge is 2.35. The van der Waals surface area contributed by atoms with Crippen LogP contribution in [0.4, 0.5) is 0 Å². The summed E-state index contributed by atoms with van der Waals surface area (Å²) >= 11 is 0. The average molecular weight is 290 g/mol. The van der Waals surface area contributed by atoms with Crippen LogP contribution in [-0.4, -0.2) is 41.9 Å². The molecule has 1 saturated heterocycles. The smallest absolute Gasteiger partial charge is 0.157 e. The SMILES string of the molecule is CB(C)CN1/C(=C(/CO)C2=C(C)CC(C)N2)C(C)CC1C. The number of hydrogen-bond donors (Lipinski definition) is 2. The van der Waals surface area contributed by atoms with Gasteiger partial charge in [0.05, 0.1) is 6.61 Å². The van der Waals surface area contributed by atoms with Gasteiger partial charge in [-0.15, -0.1) is 0 Å². The maximum Gasteiger partial charge on any atom is 0.157 e. The number of nitrogens with one attached hydrogen (secondary N) is 1. The minimum atomic E-state index is 0.132. The highest BCUT2D eigenvalue weighted by Crippen LogP contribution is 2.38. The molecule has 4 heteroatoms. The van der Waals surface area contributed by atoms with Crippen molar-refractivity contribution in [3.8, 4) is 0 Å². The van der Waals surface area contributed by atoms with Crippen molar-refractivity contribution in [3.63, 3.8) is 0 Å². The van der Waals surface area contributed by atoms with E-state index in [4.69, 9.17) is 0 Å². The lowest BCUT2D eigenvalue weighted by Gasteiger charge is -2.30. The molecule has 2 heterocycles. The molecule has 0 saturated carbocycles. The summed E-state index contributed by atoms with van der Waals surface area (Å²) in [6.45, 7) is 14.3. The lowest BCUT2D eigenvalue weighted by atomic mass is 9.54. The number of hydrogen-bond acceptors (Lipinski definition) is 3. The highest BCUT2D eigenvalue weighted by molar-refractivity contribution is 6.55.